The average molecular weight is 265 g/mol. The molecule has 0 bridgehead atoms. The van der Waals surface area contributed by atoms with Crippen LogP contribution in [0.1, 0.15) is 18.9 Å². The summed E-state index contributed by atoms with van der Waals surface area (Å²) < 4.78 is 17.7. The number of rotatable bonds is 7. The molecule has 0 heterocycles. The maximum atomic E-state index is 12.9. The molecule has 0 aliphatic heterocycles. The minimum atomic E-state index is -0.409. The van der Waals surface area contributed by atoms with E-state index in [2.05, 4.69) is 11.7 Å². The summed E-state index contributed by atoms with van der Waals surface area (Å²) in [6, 6.07) is 5.66. The Hall–Kier alpha value is -2.17. The highest BCUT2D eigenvalue weighted by molar-refractivity contribution is 6.09. The van der Waals surface area contributed by atoms with Crippen molar-refractivity contribution in [1.29, 1.82) is 0 Å². The number of hydrogen-bond donors (Lipinski definition) is 0. The molecule has 4 nitrogen and oxygen atoms in total. The Balaban J connectivity index is 2.85. The first-order valence-electron chi connectivity index (χ1n) is 5.88. The van der Waals surface area contributed by atoms with Gasteiger partial charge in [0.25, 0.3) is 0 Å². The molecule has 0 radical (unpaired) electrons. The summed E-state index contributed by atoms with van der Waals surface area (Å²) in [7, 11) is 0. The summed E-state index contributed by atoms with van der Waals surface area (Å²) in [4.78, 5) is 16.5. The Morgan fingerprint density at radius 2 is 2.11 bits per heavy atom. The molecule has 0 N–H and O–H groups in total. The van der Waals surface area contributed by atoms with Crippen molar-refractivity contribution in [3.05, 3.63) is 48.3 Å². The molecule has 1 aromatic rings. The molecule has 102 valence electrons. The molecule has 19 heavy (non-hydrogen) atoms. The zero-order valence-corrected chi connectivity index (χ0v) is 10.8. The Bertz CT molecular complexity index is 454. The summed E-state index contributed by atoms with van der Waals surface area (Å²) in [5, 5.41) is 3.86. The third kappa shape index (κ3) is 5.33. The van der Waals surface area contributed by atoms with E-state index in [0.717, 1.165) is 0 Å². The molecule has 0 unspecified atom stereocenters. The Morgan fingerprint density at radius 1 is 1.42 bits per heavy atom. The fourth-order valence-electron chi connectivity index (χ4n) is 1.35. The van der Waals surface area contributed by atoms with E-state index < -0.39 is 5.97 Å². The van der Waals surface area contributed by atoms with Gasteiger partial charge in [-0.15, -0.1) is 0 Å². The third-order valence-corrected chi connectivity index (χ3v) is 2.16. The van der Waals surface area contributed by atoms with E-state index in [9.17, 15) is 9.18 Å². The highest BCUT2D eigenvalue weighted by atomic mass is 19.1. The summed E-state index contributed by atoms with van der Waals surface area (Å²) in [5.74, 6) is -0.765. The molecule has 5 heteroatoms. The van der Waals surface area contributed by atoms with Gasteiger partial charge in [0.2, 0.25) is 0 Å². The summed E-state index contributed by atoms with van der Waals surface area (Å²) in [6.45, 7) is 5.74. The van der Waals surface area contributed by atoms with E-state index in [1.165, 1.54) is 30.3 Å². The quantitative estimate of drug-likeness (QED) is 0.250. The fourth-order valence-corrected chi connectivity index (χ4v) is 1.35. The number of esters is 1. The first kappa shape index (κ1) is 14.9. The van der Waals surface area contributed by atoms with Gasteiger partial charge in [-0.2, -0.15) is 0 Å². The maximum Gasteiger partial charge on any atom is 0.312 e. The zero-order valence-electron chi connectivity index (χ0n) is 10.8. The van der Waals surface area contributed by atoms with Gasteiger partial charge in [-0.1, -0.05) is 29.9 Å². The lowest BCUT2D eigenvalue weighted by atomic mass is 10.1. The zero-order chi connectivity index (χ0) is 14.1. The van der Waals surface area contributed by atoms with Gasteiger partial charge in [0.15, 0.2) is 0 Å². The average Bonchev–Trinajstić information content (AvgIpc) is 2.39. The van der Waals surface area contributed by atoms with Crippen molar-refractivity contribution >= 4 is 11.7 Å². The Kier molecular flexibility index (Phi) is 6.29. The lowest BCUT2D eigenvalue weighted by Gasteiger charge is -2.06. The van der Waals surface area contributed by atoms with Crippen molar-refractivity contribution in [3.63, 3.8) is 0 Å². The van der Waals surface area contributed by atoms with Gasteiger partial charge < -0.3 is 9.57 Å². The molecule has 0 aliphatic carbocycles. The molecule has 1 rings (SSSR count). The van der Waals surface area contributed by atoms with E-state index in [-0.39, 0.29) is 18.8 Å². The van der Waals surface area contributed by atoms with Crippen LogP contribution in [0.4, 0.5) is 4.39 Å². The van der Waals surface area contributed by atoms with Gasteiger partial charge in [0, 0.05) is 5.56 Å². The van der Waals surface area contributed by atoms with Gasteiger partial charge in [-0.05, 0) is 19.1 Å². The van der Waals surface area contributed by atoms with Crippen molar-refractivity contribution in [2.24, 2.45) is 5.16 Å². The third-order valence-electron chi connectivity index (χ3n) is 2.16. The lowest BCUT2D eigenvalue weighted by molar-refractivity contribution is -0.141. The van der Waals surface area contributed by atoms with Crippen molar-refractivity contribution in [1.82, 2.24) is 0 Å². The second kappa shape index (κ2) is 8.02. The smallest absolute Gasteiger partial charge is 0.312 e. The van der Waals surface area contributed by atoms with E-state index in [1.807, 2.05) is 0 Å². The van der Waals surface area contributed by atoms with Gasteiger partial charge in [0.05, 0.1) is 18.7 Å². The Labute approximate surface area is 111 Å². The van der Waals surface area contributed by atoms with Crippen LogP contribution in [0.25, 0.3) is 0 Å². The molecule has 0 fully saturated rings. The Morgan fingerprint density at radius 3 is 2.68 bits per heavy atom. The molecule has 0 saturated carbocycles. The van der Waals surface area contributed by atoms with Crippen LogP contribution in [-0.2, 0) is 14.4 Å². The molecule has 0 atom stereocenters. The van der Waals surface area contributed by atoms with Crippen molar-refractivity contribution < 1.29 is 18.8 Å². The molecule has 0 amide bonds. The van der Waals surface area contributed by atoms with Crippen LogP contribution in [0.2, 0.25) is 0 Å². The second-order valence-electron chi connectivity index (χ2n) is 3.61. The van der Waals surface area contributed by atoms with Gasteiger partial charge in [-0.25, -0.2) is 4.39 Å². The number of carbonyl (C=O) groups excluding carboxylic acids is 1. The van der Waals surface area contributed by atoms with Crippen LogP contribution in [-0.4, -0.2) is 24.9 Å². The summed E-state index contributed by atoms with van der Waals surface area (Å²) >= 11 is 0. The number of halogens is 1. The number of ether oxygens (including phenoxy) is 1. The molecule has 0 aliphatic rings. The number of hydrogen-bond acceptors (Lipinski definition) is 4. The number of oxime groups is 1. The minimum Gasteiger partial charge on any atom is -0.466 e. The normalized spacial score (nSPS) is 10.9. The first-order chi connectivity index (χ1) is 9.17. The molecular formula is C14H16FNO3. The largest absolute Gasteiger partial charge is 0.466 e. The van der Waals surface area contributed by atoms with Crippen LogP contribution in [0, 0.1) is 5.82 Å². The highest BCUT2D eigenvalue weighted by Gasteiger charge is 2.12. The minimum absolute atomic E-state index is 0.0311. The standard InChI is InChI=1S/C14H16FNO3/c1-3-9-19-16-13(10-14(17)18-4-2)11-5-7-12(15)8-6-11/h3,5-8H,1,4,9-10H2,2H3/b16-13-. The molecular weight excluding hydrogens is 249 g/mol. The number of nitrogens with zero attached hydrogens (tertiary/aromatic N) is 1. The molecule has 0 aromatic heterocycles. The van der Waals surface area contributed by atoms with Crippen LogP contribution in [0.5, 0.6) is 0 Å². The summed E-state index contributed by atoms with van der Waals surface area (Å²) in [6.07, 6.45) is 1.51. The van der Waals surface area contributed by atoms with E-state index in [4.69, 9.17) is 9.57 Å². The van der Waals surface area contributed by atoms with Gasteiger partial charge in [0.1, 0.15) is 12.4 Å². The lowest BCUT2D eigenvalue weighted by Crippen LogP contribution is -2.13. The van der Waals surface area contributed by atoms with Gasteiger partial charge >= 0.3 is 5.97 Å². The number of carbonyl (C=O) groups is 1. The van der Waals surface area contributed by atoms with Crippen molar-refractivity contribution in [2.75, 3.05) is 13.2 Å². The predicted molar refractivity (Wildman–Crippen MR) is 70.3 cm³/mol. The molecule has 1 aromatic carbocycles. The van der Waals surface area contributed by atoms with Crippen LogP contribution in [0.15, 0.2) is 42.1 Å². The highest BCUT2D eigenvalue weighted by Crippen LogP contribution is 2.08. The molecule has 0 saturated heterocycles. The van der Waals surface area contributed by atoms with Crippen LogP contribution in [0.3, 0.4) is 0 Å². The topological polar surface area (TPSA) is 47.9 Å². The van der Waals surface area contributed by atoms with Crippen molar-refractivity contribution in [2.45, 2.75) is 13.3 Å². The maximum absolute atomic E-state index is 12.9. The first-order valence-corrected chi connectivity index (χ1v) is 5.88. The van der Waals surface area contributed by atoms with Crippen LogP contribution >= 0.6 is 0 Å². The van der Waals surface area contributed by atoms with E-state index in [0.29, 0.717) is 17.9 Å². The van der Waals surface area contributed by atoms with E-state index in [1.54, 1.807) is 6.92 Å². The monoisotopic (exact) mass is 265 g/mol. The van der Waals surface area contributed by atoms with Gasteiger partial charge in [-0.3, -0.25) is 4.79 Å². The second-order valence-corrected chi connectivity index (χ2v) is 3.61. The summed E-state index contributed by atoms with van der Waals surface area (Å²) in [5.41, 5.74) is 0.999. The van der Waals surface area contributed by atoms with Crippen molar-refractivity contribution in [3.8, 4) is 0 Å². The predicted octanol–water partition coefficient (Wildman–Crippen LogP) is 2.69. The van der Waals surface area contributed by atoms with Crippen LogP contribution < -0.4 is 0 Å². The SMILES string of the molecule is C=CCO/N=C(/CC(=O)OCC)c1ccc(F)cc1. The number of benzene rings is 1. The fraction of sp³-hybridized carbons (Fsp3) is 0.286. The van der Waals surface area contributed by atoms with E-state index >= 15 is 0 Å². The molecule has 0 spiro atoms.